The lowest BCUT2D eigenvalue weighted by molar-refractivity contribution is -0.0312. The minimum Gasteiger partial charge on any atom is -0.491 e. The second kappa shape index (κ2) is 13.3. The predicted molar refractivity (Wildman–Crippen MR) is 174 cm³/mol. The van der Waals surface area contributed by atoms with Crippen LogP contribution in [0.4, 0.5) is 0 Å². The van der Waals surface area contributed by atoms with E-state index in [4.69, 9.17) is 9.47 Å². The maximum atomic E-state index is 13.4. The van der Waals surface area contributed by atoms with Crippen LogP contribution < -0.4 is 14.8 Å². The second-order valence-electron chi connectivity index (χ2n) is 13.4. The van der Waals surface area contributed by atoms with E-state index in [-0.39, 0.29) is 41.1 Å². The number of hydrogen-bond donors (Lipinski definition) is 3. The van der Waals surface area contributed by atoms with Crippen LogP contribution in [0.2, 0.25) is 0 Å². The Balaban J connectivity index is 1.08. The molecule has 1 spiro atoms. The van der Waals surface area contributed by atoms with Crippen molar-refractivity contribution in [3.63, 3.8) is 0 Å². The van der Waals surface area contributed by atoms with E-state index in [2.05, 4.69) is 10.0 Å². The molecular formula is C33H45N3O7S2. The molecule has 3 N–H and O–H groups in total. The lowest BCUT2D eigenvalue weighted by Crippen LogP contribution is -2.47. The van der Waals surface area contributed by atoms with Gasteiger partial charge in [-0.25, -0.2) is 21.6 Å². The molecule has 2 heterocycles. The quantitative estimate of drug-likeness (QED) is 0.282. The minimum absolute atomic E-state index is 0.0113. The summed E-state index contributed by atoms with van der Waals surface area (Å²) in [6.07, 6.45) is 1.11. The molecule has 2 fully saturated rings. The van der Waals surface area contributed by atoms with E-state index in [0.717, 1.165) is 17.2 Å². The maximum absolute atomic E-state index is 13.4. The molecule has 0 aliphatic carbocycles. The van der Waals surface area contributed by atoms with Crippen molar-refractivity contribution in [3.05, 3.63) is 66.7 Å². The van der Waals surface area contributed by atoms with Gasteiger partial charge in [0.25, 0.3) is 0 Å². The average molecular weight is 660 g/mol. The van der Waals surface area contributed by atoms with Gasteiger partial charge in [0.1, 0.15) is 18.5 Å². The van der Waals surface area contributed by atoms with Crippen LogP contribution in [0, 0.1) is 5.41 Å². The molecule has 0 bridgehead atoms. The highest BCUT2D eigenvalue weighted by Gasteiger charge is 2.44. The SMILES string of the molecule is CC(NS(=O)(=O)c1cccc(OCC(O)CNC2COC3(CCN(S(=O)(=O)c4ccc5ccccc5c4)CC3)C2)c1)C(C)(C)C. The molecule has 3 aromatic rings. The van der Waals surface area contributed by atoms with Crippen molar-refractivity contribution < 1.29 is 31.4 Å². The highest BCUT2D eigenvalue weighted by Crippen LogP contribution is 2.37. The van der Waals surface area contributed by atoms with Crippen molar-refractivity contribution in [2.75, 3.05) is 32.8 Å². The molecule has 3 aromatic carbocycles. The Morgan fingerprint density at radius 1 is 0.978 bits per heavy atom. The molecule has 3 atom stereocenters. The van der Waals surface area contributed by atoms with Crippen LogP contribution in [0.3, 0.4) is 0 Å². The van der Waals surface area contributed by atoms with E-state index in [1.54, 1.807) is 28.6 Å². The zero-order chi connectivity index (χ0) is 32.5. The van der Waals surface area contributed by atoms with Crippen molar-refractivity contribution in [2.24, 2.45) is 5.41 Å². The molecule has 10 nitrogen and oxygen atoms in total. The summed E-state index contributed by atoms with van der Waals surface area (Å²) in [6, 6.07) is 19.0. The Morgan fingerprint density at radius 2 is 1.69 bits per heavy atom. The van der Waals surface area contributed by atoms with E-state index >= 15 is 0 Å². The van der Waals surface area contributed by atoms with Gasteiger partial charge in [0.15, 0.2) is 0 Å². The fourth-order valence-electron chi connectivity index (χ4n) is 5.70. The largest absolute Gasteiger partial charge is 0.491 e. The third kappa shape index (κ3) is 8.05. The summed E-state index contributed by atoms with van der Waals surface area (Å²) >= 11 is 0. The van der Waals surface area contributed by atoms with Crippen LogP contribution in [0.15, 0.2) is 76.5 Å². The highest BCUT2D eigenvalue weighted by atomic mass is 32.2. The molecule has 5 rings (SSSR count). The first kappa shape index (κ1) is 33.8. The minimum atomic E-state index is -3.73. The summed E-state index contributed by atoms with van der Waals surface area (Å²) < 4.78 is 68.7. The van der Waals surface area contributed by atoms with Gasteiger partial charge in [-0.3, -0.25) is 0 Å². The summed E-state index contributed by atoms with van der Waals surface area (Å²) in [5, 5.41) is 15.8. The first-order valence-corrected chi connectivity index (χ1v) is 18.4. The zero-order valence-corrected chi connectivity index (χ0v) is 28.0. The number of aliphatic hydroxyl groups excluding tert-OH is 1. The molecule has 2 aliphatic rings. The van der Waals surface area contributed by atoms with Gasteiger partial charge in [-0.2, -0.15) is 4.31 Å². The maximum Gasteiger partial charge on any atom is 0.243 e. The topological polar surface area (TPSA) is 134 Å². The van der Waals surface area contributed by atoms with Crippen LogP contribution in [0.1, 0.15) is 47.0 Å². The number of nitrogens with one attached hydrogen (secondary N) is 2. The van der Waals surface area contributed by atoms with Gasteiger partial charge in [-0.1, -0.05) is 57.2 Å². The van der Waals surface area contributed by atoms with Crippen molar-refractivity contribution in [1.29, 1.82) is 0 Å². The van der Waals surface area contributed by atoms with Gasteiger partial charge in [0.05, 0.1) is 22.0 Å². The Kier molecular flexibility index (Phi) is 9.96. The van der Waals surface area contributed by atoms with Gasteiger partial charge < -0.3 is 19.9 Å². The molecule has 12 heteroatoms. The van der Waals surface area contributed by atoms with Crippen LogP contribution in [0.25, 0.3) is 10.8 Å². The van der Waals surface area contributed by atoms with Crippen LogP contribution in [0.5, 0.6) is 5.75 Å². The number of nitrogens with zero attached hydrogens (tertiary/aromatic N) is 1. The predicted octanol–water partition coefficient (Wildman–Crippen LogP) is 3.89. The van der Waals surface area contributed by atoms with Gasteiger partial charge >= 0.3 is 0 Å². The first-order valence-electron chi connectivity index (χ1n) is 15.5. The molecule has 3 unspecified atom stereocenters. The van der Waals surface area contributed by atoms with Gasteiger partial charge in [0.2, 0.25) is 20.0 Å². The van der Waals surface area contributed by atoms with Crippen molar-refractivity contribution >= 4 is 30.8 Å². The van der Waals surface area contributed by atoms with E-state index in [0.29, 0.717) is 43.2 Å². The Bertz CT molecular complexity index is 1700. The molecule has 0 aromatic heterocycles. The van der Waals surface area contributed by atoms with E-state index in [9.17, 15) is 21.9 Å². The van der Waals surface area contributed by atoms with Crippen molar-refractivity contribution in [2.45, 2.75) is 80.5 Å². The number of sulfonamides is 2. The summed E-state index contributed by atoms with van der Waals surface area (Å²) in [5.41, 5.74) is -0.627. The molecule has 2 aliphatic heterocycles. The number of ether oxygens (including phenoxy) is 2. The van der Waals surface area contributed by atoms with Gasteiger partial charge in [-0.05, 0) is 66.6 Å². The summed E-state index contributed by atoms with van der Waals surface area (Å²) in [5.74, 6) is 0.355. The number of hydrogen-bond acceptors (Lipinski definition) is 8. The highest BCUT2D eigenvalue weighted by molar-refractivity contribution is 7.89. The molecule has 2 saturated heterocycles. The normalized spacial score (nSPS) is 20.8. The number of fused-ring (bicyclic) bond motifs is 1. The number of benzene rings is 3. The molecule has 246 valence electrons. The summed E-state index contributed by atoms with van der Waals surface area (Å²) in [6.45, 7) is 9.25. The monoisotopic (exact) mass is 659 g/mol. The molecule has 0 radical (unpaired) electrons. The lowest BCUT2D eigenvalue weighted by atomic mass is 9.88. The lowest BCUT2D eigenvalue weighted by Gasteiger charge is -2.38. The Morgan fingerprint density at radius 3 is 2.40 bits per heavy atom. The van der Waals surface area contributed by atoms with Crippen LogP contribution in [-0.4, -0.2) is 82.9 Å². The Labute approximate surface area is 267 Å². The van der Waals surface area contributed by atoms with Crippen LogP contribution >= 0.6 is 0 Å². The fourth-order valence-corrected chi connectivity index (χ4v) is 8.66. The number of piperidine rings is 1. The average Bonchev–Trinajstić information content (AvgIpc) is 3.40. The van der Waals surface area contributed by atoms with Crippen LogP contribution in [-0.2, 0) is 24.8 Å². The third-order valence-electron chi connectivity index (χ3n) is 9.03. The van der Waals surface area contributed by atoms with E-state index in [1.807, 2.05) is 58.0 Å². The Hall–Kier alpha value is -2.58. The standard InChI is InChI=1S/C33H45N3O7S2/c1-24(32(2,3)4)35-44(38,39)30-11-7-10-29(19-30)42-23-28(37)21-34-27-20-33(43-22-27)14-16-36(17-15-33)45(40,41)31-13-12-25-8-5-6-9-26(25)18-31/h5-13,18-19,24,27-28,34-35,37H,14-17,20-23H2,1-4H3. The zero-order valence-electron chi connectivity index (χ0n) is 26.4. The summed E-state index contributed by atoms with van der Waals surface area (Å²) in [7, 11) is -7.34. The smallest absolute Gasteiger partial charge is 0.243 e. The van der Waals surface area contributed by atoms with E-state index < -0.39 is 26.2 Å². The van der Waals surface area contributed by atoms with E-state index in [1.165, 1.54) is 12.1 Å². The molecule has 0 saturated carbocycles. The number of rotatable bonds is 11. The molecule has 0 amide bonds. The number of aliphatic hydroxyl groups is 1. The second-order valence-corrected chi connectivity index (χ2v) is 17.0. The third-order valence-corrected chi connectivity index (χ3v) is 12.5. The fraction of sp³-hybridized carbons (Fsp3) is 0.515. The van der Waals surface area contributed by atoms with Crippen molar-refractivity contribution in [1.82, 2.24) is 14.3 Å². The van der Waals surface area contributed by atoms with Crippen molar-refractivity contribution in [3.8, 4) is 5.75 Å². The van der Waals surface area contributed by atoms with Gasteiger partial charge in [0, 0.05) is 37.8 Å². The van der Waals surface area contributed by atoms with Gasteiger partial charge in [-0.15, -0.1) is 0 Å². The summed E-state index contributed by atoms with van der Waals surface area (Å²) in [4.78, 5) is 0.411. The molecule has 45 heavy (non-hydrogen) atoms. The molecular weight excluding hydrogens is 615 g/mol. The first-order chi connectivity index (χ1) is 21.2.